The highest BCUT2D eigenvalue weighted by Crippen LogP contribution is 2.43. The van der Waals surface area contributed by atoms with Gasteiger partial charge >= 0.3 is 19.8 Å². The molecule has 0 radical (unpaired) electrons. The molecule has 0 aromatic carbocycles. The highest BCUT2D eigenvalue weighted by molar-refractivity contribution is 7.47. The Morgan fingerprint density at radius 3 is 1.49 bits per heavy atom. The predicted molar refractivity (Wildman–Crippen MR) is 224 cm³/mol. The second kappa shape index (κ2) is 40.1. The molecule has 10 nitrogen and oxygen atoms in total. The number of unbranched alkanes of at least 4 members (excludes halogenated alkanes) is 18. The summed E-state index contributed by atoms with van der Waals surface area (Å²) in [5.41, 5.74) is 0. The average molecular weight is 799 g/mol. The van der Waals surface area contributed by atoms with Gasteiger partial charge in [0.25, 0.3) is 0 Å². The van der Waals surface area contributed by atoms with Crippen molar-refractivity contribution in [2.75, 3.05) is 26.4 Å². The number of carbonyl (C=O) groups excluding carboxylic acids is 2. The number of aliphatic hydroxyl groups excluding tert-OH is 2. The molecule has 3 N–H and O–H groups in total. The van der Waals surface area contributed by atoms with Gasteiger partial charge in [-0.05, 0) is 51.4 Å². The minimum absolute atomic E-state index is 0.147. The second-order valence-corrected chi connectivity index (χ2v) is 15.8. The Morgan fingerprint density at radius 2 is 0.982 bits per heavy atom. The second-order valence-electron chi connectivity index (χ2n) is 14.4. The van der Waals surface area contributed by atoms with E-state index in [2.05, 4.69) is 67.0 Å². The highest BCUT2D eigenvalue weighted by Gasteiger charge is 2.27. The predicted octanol–water partition coefficient (Wildman–Crippen LogP) is 11.3. The van der Waals surface area contributed by atoms with Gasteiger partial charge in [-0.25, -0.2) is 4.57 Å². The summed E-state index contributed by atoms with van der Waals surface area (Å²) in [7, 11) is -4.63. The maximum atomic E-state index is 12.6. The Kier molecular flexibility index (Phi) is 38.6. The number of hydrogen-bond donors (Lipinski definition) is 3. The monoisotopic (exact) mass is 799 g/mol. The van der Waals surface area contributed by atoms with Crippen LogP contribution in [-0.4, -0.2) is 65.7 Å². The van der Waals surface area contributed by atoms with Crippen molar-refractivity contribution in [3.63, 3.8) is 0 Å². The largest absolute Gasteiger partial charge is 0.472 e. The molecule has 0 fully saturated rings. The Labute approximate surface area is 334 Å². The summed E-state index contributed by atoms with van der Waals surface area (Å²) in [6.45, 7) is 2.28. The molecule has 0 aliphatic carbocycles. The zero-order valence-corrected chi connectivity index (χ0v) is 35.5. The standard InChI is InChI=1S/C44H79O10P/c1-3-5-7-9-11-13-15-17-19-20-22-24-26-28-30-32-34-36-44(48)54-42(40-53-55(49,50)52-38-41(46)37-45)39-51-43(47)35-33-31-29-27-25-23-21-18-16-14-12-10-8-6-4-2/h7,9,13,15,19-20,24,26,41-42,45-46H,3-6,8,10-12,14,16-18,21-23,25,27-40H2,1-2H3,(H,49,50)/b9-7+,15-13+,20-19+,26-24+/t41-,42+/m0/s1. The molecule has 55 heavy (non-hydrogen) atoms. The Hall–Kier alpha value is -2.07. The van der Waals surface area contributed by atoms with Gasteiger partial charge in [0.2, 0.25) is 0 Å². The molecule has 0 aliphatic rings. The van der Waals surface area contributed by atoms with E-state index < -0.39 is 51.8 Å². The SMILES string of the molecule is CCC/C=C/C/C=C/C/C=C/C/C=C/CCCCCC(=O)O[C@H](COC(=O)CCCCCCCCCCCCCCCCC)COP(=O)(O)OC[C@@H](O)CO. The van der Waals surface area contributed by atoms with Crippen LogP contribution in [0.25, 0.3) is 0 Å². The van der Waals surface area contributed by atoms with Crippen LogP contribution < -0.4 is 0 Å². The van der Waals surface area contributed by atoms with Crippen molar-refractivity contribution in [2.45, 2.75) is 193 Å². The van der Waals surface area contributed by atoms with Gasteiger partial charge < -0.3 is 24.6 Å². The van der Waals surface area contributed by atoms with E-state index in [0.717, 1.165) is 64.2 Å². The average Bonchev–Trinajstić information content (AvgIpc) is 3.17. The van der Waals surface area contributed by atoms with Crippen molar-refractivity contribution >= 4 is 19.8 Å². The van der Waals surface area contributed by atoms with Crippen LogP contribution >= 0.6 is 7.82 Å². The van der Waals surface area contributed by atoms with Crippen molar-refractivity contribution in [3.05, 3.63) is 48.6 Å². The summed E-state index contributed by atoms with van der Waals surface area (Å²) in [6, 6.07) is 0. The van der Waals surface area contributed by atoms with Crippen molar-refractivity contribution < 1.29 is 47.8 Å². The lowest BCUT2D eigenvalue weighted by Crippen LogP contribution is -2.29. The summed E-state index contributed by atoms with van der Waals surface area (Å²) < 4.78 is 32.7. The number of ether oxygens (including phenoxy) is 2. The molecule has 0 rings (SSSR count). The van der Waals surface area contributed by atoms with Crippen LogP contribution in [0.5, 0.6) is 0 Å². The van der Waals surface area contributed by atoms with E-state index in [1.54, 1.807) is 0 Å². The van der Waals surface area contributed by atoms with Crippen LogP contribution in [0.2, 0.25) is 0 Å². The van der Waals surface area contributed by atoms with Crippen LogP contribution in [0.15, 0.2) is 48.6 Å². The van der Waals surface area contributed by atoms with E-state index in [1.165, 1.54) is 77.0 Å². The van der Waals surface area contributed by atoms with Crippen molar-refractivity contribution in [2.24, 2.45) is 0 Å². The van der Waals surface area contributed by atoms with Gasteiger partial charge in [0.05, 0.1) is 19.8 Å². The summed E-state index contributed by atoms with van der Waals surface area (Å²) in [6.07, 6.45) is 42.1. The van der Waals surface area contributed by atoms with Crippen LogP contribution in [0, 0.1) is 0 Å². The smallest absolute Gasteiger partial charge is 0.462 e. The minimum Gasteiger partial charge on any atom is -0.462 e. The highest BCUT2D eigenvalue weighted by atomic mass is 31.2. The van der Waals surface area contributed by atoms with Crippen LogP contribution in [-0.2, 0) is 32.7 Å². The first-order valence-electron chi connectivity index (χ1n) is 21.6. The Bertz CT molecular complexity index is 1060. The molecule has 1 unspecified atom stereocenters. The Morgan fingerprint density at radius 1 is 0.545 bits per heavy atom. The van der Waals surface area contributed by atoms with Crippen molar-refractivity contribution in [1.29, 1.82) is 0 Å². The number of esters is 2. The molecule has 0 bridgehead atoms. The third-order valence-corrected chi connectivity index (χ3v) is 9.92. The molecule has 0 amide bonds. The van der Waals surface area contributed by atoms with Gasteiger partial charge in [-0.3, -0.25) is 18.6 Å². The summed E-state index contributed by atoms with van der Waals surface area (Å²) in [4.78, 5) is 35.0. The molecule has 0 saturated heterocycles. The van der Waals surface area contributed by atoms with Crippen molar-refractivity contribution in [1.82, 2.24) is 0 Å². The van der Waals surface area contributed by atoms with Crippen molar-refractivity contribution in [3.8, 4) is 0 Å². The number of phosphoric ester groups is 1. The van der Waals surface area contributed by atoms with Gasteiger partial charge in [-0.15, -0.1) is 0 Å². The normalized spacial score (nSPS) is 14.3. The third kappa shape index (κ3) is 39.9. The fourth-order valence-electron chi connectivity index (χ4n) is 5.63. The summed E-state index contributed by atoms with van der Waals surface area (Å²) in [5.74, 6) is -0.959. The van der Waals surface area contributed by atoms with Gasteiger partial charge in [-0.2, -0.15) is 0 Å². The van der Waals surface area contributed by atoms with E-state index in [4.69, 9.17) is 19.1 Å². The number of rotatable bonds is 40. The third-order valence-electron chi connectivity index (χ3n) is 8.97. The maximum Gasteiger partial charge on any atom is 0.472 e. The van der Waals surface area contributed by atoms with Crippen LogP contribution in [0.4, 0.5) is 0 Å². The molecule has 0 aromatic rings. The summed E-state index contributed by atoms with van der Waals surface area (Å²) >= 11 is 0. The molecule has 320 valence electrons. The fourth-order valence-corrected chi connectivity index (χ4v) is 6.42. The van der Waals surface area contributed by atoms with E-state index in [1.807, 2.05) is 0 Å². The van der Waals surface area contributed by atoms with E-state index >= 15 is 0 Å². The van der Waals surface area contributed by atoms with Gasteiger partial charge in [-0.1, -0.05) is 165 Å². The lowest BCUT2D eigenvalue weighted by molar-refractivity contribution is -0.161. The molecule has 0 heterocycles. The van der Waals surface area contributed by atoms with Gasteiger partial charge in [0.15, 0.2) is 6.10 Å². The number of phosphoric acid groups is 1. The molecule has 3 atom stereocenters. The quantitative estimate of drug-likeness (QED) is 0.0237. The van der Waals surface area contributed by atoms with Gasteiger partial charge in [0, 0.05) is 12.8 Å². The first kappa shape index (κ1) is 52.9. The minimum atomic E-state index is -4.63. The molecule has 0 spiro atoms. The van der Waals surface area contributed by atoms with E-state index in [-0.39, 0.29) is 19.4 Å². The molecular formula is C44H79O10P. The van der Waals surface area contributed by atoms with E-state index in [0.29, 0.717) is 12.8 Å². The van der Waals surface area contributed by atoms with Crippen LogP contribution in [0.1, 0.15) is 181 Å². The first-order chi connectivity index (χ1) is 26.7. The van der Waals surface area contributed by atoms with Gasteiger partial charge in [0.1, 0.15) is 12.7 Å². The topological polar surface area (TPSA) is 149 Å². The maximum absolute atomic E-state index is 12.6. The molecule has 11 heteroatoms. The van der Waals surface area contributed by atoms with Crippen LogP contribution in [0.3, 0.4) is 0 Å². The summed E-state index contributed by atoms with van der Waals surface area (Å²) in [5, 5.41) is 18.3. The first-order valence-corrected chi connectivity index (χ1v) is 23.1. The molecule has 0 saturated carbocycles. The zero-order valence-electron chi connectivity index (χ0n) is 34.6. The lowest BCUT2D eigenvalue weighted by Gasteiger charge is -2.20. The molecule has 0 aromatic heterocycles. The molecular weight excluding hydrogens is 719 g/mol. The molecule has 0 aliphatic heterocycles. The number of hydrogen-bond acceptors (Lipinski definition) is 9. The Balaban J connectivity index is 4.36. The fraction of sp³-hybridized carbons (Fsp3) is 0.773. The lowest BCUT2D eigenvalue weighted by atomic mass is 10.0. The number of allylic oxidation sites excluding steroid dienone is 8. The number of carbonyl (C=O) groups is 2. The number of aliphatic hydroxyl groups is 2. The van der Waals surface area contributed by atoms with E-state index in [9.17, 15) is 24.2 Å². The zero-order chi connectivity index (χ0) is 40.5.